The zero-order valence-electron chi connectivity index (χ0n) is 17.5. The van der Waals surface area contributed by atoms with E-state index in [1.807, 2.05) is 0 Å². The zero-order valence-corrected chi connectivity index (χ0v) is 17.5. The number of hydrogen-bond donors (Lipinski definition) is 1. The van der Waals surface area contributed by atoms with Gasteiger partial charge in [-0.2, -0.15) is 0 Å². The van der Waals surface area contributed by atoms with Crippen molar-refractivity contribution in [3.63, 3.8) is 0 Å². The van der Waals surface area contributed by atoms with Gasteiger partial charge in [-0.25, -0.2) is 4.79 Å². The molecule has 0 fully saturated rings. The van der Waals surface area contributed by atoms with E-state index < -0.39 is 23.4 Å². The van der Waals surface area contributed by atoms with Crippen LogP contribution in [0.5, 0.6) is 17.2 Å². The number of methoxy groups -OCH3 is 3. The number of carbonyl (C=O) groups is 2. The van der Waals surface area contributed by atoms with Gasteiger partial charge in [0, 0.05) is 35.0 Å². The first-order valence-corrected chi connectivity index (χ1v) is 8.98. The molecular formula is C21H22N2O8. The summed E-state index contributed by atoms with van der Waals surface area (Å²) in [6.07, 6.45) is 2.58. The summed E-state index contributed by atoms with van der Waals surface area (Å²) in [4.78, 5) is 34.4. The molecule has 2 rings (SSSR count). The van der Waals surface area contributed by atoms with Crippen molar-refractivity contribution in [1.82, 2.24) is 0 Å². The van der Waals surface area contributed by atoms with Crippen molar-refractivity contribution in [3.8, 4) is 17.2 Å². The van der Waals surface area contributed by atoms with Crippen LogP contribution < -0.4 is 19.5 Å². The summed E-state index contributed by atoms with van der Waals surface area (Å²) in [5.41, 5.74) is 1.10. The maximum Gasteiger partial charge on any atom is 0.331 e. The van der Waals surface area contributed by atoms with E-state index >= 15 is 0 Å². The minimum atomic E-state index is -0.762. The van der Waals surface area contributed by atoms with Gasteiger partial charge in [-0.15, -0.1) is 0 Å². The van der Waals surface area contributed by atoms with Crippen LogP contribution in [0.4, 0.5) is 11.4 Å². The van der Waals surface area contributed by atoms with E-state index in [0.29, 0.717) is 28.4 Å². The molecule has 0 aliphatic heterocycles. The van der Waals surface area contributed by atoms with E-state index in [9.17, 15) is 19.7 Å². The van der Waals surface area contributed by atoms with Crippen molar-refractivity contribution in [1.29, 1.82) is 0 Å². The predicted molar refractivity (Wildman–Crippen MR) is 113 cm³/mol. The van der Waals surface area contributed by atoms with Crippen molar-refractivity contribution in [3.05, 3.63) is 57.6 Å². The molecule has 0 radical (unpaired) electrons. The Labute approximate surface area is 178 Å². The molecule has 0 aliphatic rings. The van der Waals surface area contributed by atoms with E-state index in [0.717, 1.165) is 6.08 Å². The first-order valence-electron chi connectivity index (χ1n) is 8.98. The van der Waals surface area contributed by atoms with Gasteiger partial charge in [-0.3, -0.25) is 14.9 Å². The lowest BCUT2D eigenvalue weighted by atomic mass is 10.1. The van der Waals surface area contributed by atoms with Gasteiger partial charge in [0.1, 0.15) is 5.75 Å². The van der Waals surface area contributed by atoms with Crippen molar-refractivity contribution in [2.24, 2.45) is 0 Å². The molecule has 1 amide bonds. The maximum absolute atomic E-state index is 12.0. The predicted octanol–water partition coefficient (Wildman–Crippen LogP) is 3.12. The number of hydrogen-bond acceptors (Lipinski definition) is 8. The SMILES string of the molecule is COc1cc(OC)c(OC)cc1/C=C/C(=O)OCC(=O)Nc1ccc(C)c([N+](=O)[O-])c1. The summed E-state index contributed by atoms with van der Waals surface area (Å²) in [6, 6.07) is 7.50. The molecule has 0 heterocycles. The molecule has 2 aromatic carbocycles. The monoisotopic (exact) mass is 430 g/mol. The van der Waals surface area contributed by atoms with Gasteiger partial charge >= 0.3 is 5.97 Å². The third-order valence-corrected chi connectivity index (χ3v) is 4.17. The quantitative estimate of drug-likeness (QED) is 0.278. The molecule has 2 aromatic rings. The molecule has 0 unspecified atom stereocenters. The summed E-state index contributed by atoms with van der Waals surface area (Å²) in [7, 11) is 4.44. The largest absolute Gasteiger partial charge is 0.496 e. The fraction of sp³-hybridized carbons (Fsp3) is 0.238. The highest BCUT2D eigenvalue weighted by molar-refractivity contribution is 5.95. The third kappa shape index (κ3) is 6.20. The second-order valence-electron chi connectivity index (χ2n) is 6.20. The van der Waals surface area contributed by atoms with Gasteiger partial charge in [0.05, 0.1) is 26.3 Å². The second-order valence-corrected chi connectivity index (χ2v) is 6.20. The average molecular weight is 430 g/mol. The standard InChI is InChI=1S/C21H22N2O8/c1-13-5-7-15(10-16(13)23(26)27)22-20(24)12-31-21(25)8-6-14-9-18(29-3)19(30-4)11-17(14)28-2/h5-11H,12H2,1-4H3,(H,22,24)/b8-6+. The van der Waals surface area contributed by atoms with Gasteiger partial charge < -0.3 is 24.3 Å². The minimum Gasteiger partial charge on any atom is -0.496 e. The fourth-order valence-electron chi connectivity index (χ4n) is 2.61. The highest BCUT2D eigenvalue weighted by Gasteiger charge is 2.14. The van der Waals surface area contributed by atoms with Crippen LogP contribution in [0.2, 0.25) is 0 Å². The number of nitro groups is 1. The highest BCUT2D eigenvalue weighted by Crippen LogP contribution is 2.35. The van der Waals surface area contributed by atoms with Gasteiger partial charge in [-0.1, -0.05) is 6.07 Å². The number of amides is 1. The number of aryl methyl sites for hydroxylation is 1. The Hall–Kier alpha value is -4.08. The molecule has 164 valence electrons. The van der Waals surface area contributed by atoms with Crippen LogP contribution in [-0.2, 0) is 14.3 Å². The Morgan fingerprint density at radius 1 is 1.03 bits per heavy atom. The van der Waals surface area contributed by atoms with Gasteiger partial charge in [0.2, 0.25) is 0 Å². The summed E-state index contributed by atoms with van der Waals surface area (Å²) < 4.78 is 20.6. The number of nitro benzene ring substituents is 1. The summed E-state index contributed by atoms with van der Waals surface area (Å²) in [5, 5.41) is 13.4. The Balaban J connectivity index is 1.99. The van der Waals surface area contributed by atoms with E-state index in [-0.39, 0.29) is 11.4 Å². The van der Waals surface area contributed by atoms with Crippen molar-refractivity contribution in [2.45, 2.75) is 6.92 Å². The number of ether oxygens (including phenoxy) is 4. The van der Waals surface area contributed by atoms with Crippen LogP contribution in [0.3, 0.4) is 0 Å². The molecule has 0 saturated heterocycles. The molecule has 0 saturated carbocycles. The van der Waals surface area contributed by atoms with E-state index in [1.165, 1.54) is 45.6 Å². The Morgan fingerprint density at radius 2 is 1.68 bits per heavy atom. The molecule has 0 aliphatic carbocycles. The van der Waals surface area contributed by atoms with Gasteiger partial charge in [-0.05, 0) is 25.1 Å². The third-order valence-electron chi connectivity index (χ3n) is 4.17. The number of carbonyl (C=O) groups excluding carboxylic acids is 2. The summed E-state index contributed by atoms with van der Waals surface area (Å²) in [5.74, 6) is -0.0409. The first-order chi connectivity index (χ1) is 14.8. The minimum absolute atomic E-state index is 0.124. The molecule has 0 bridgehead atoms. The number of anilines is 1. The molecule has 10 heteroatoms. The maximum atomic E-state index is 12.0. The Bertz CT molecular complexity index is 1020. The van der Waals surface area contributed by atoms with E-state index in [4.69, 9.17) is 18.9 Å². The number of nitrogens with one attached hydrogen (secondary N) is 1. The van der Waals surface area contributed by atoms with E-state index in [1.54, 1.807) is 19.1 Å². The lowest BCUT2D eigenvalue weighted by molar-refractivity contribution is -0.385. The molecule has 0 aromatic heterocycles. The lowest BCUT2D eigenvalue weighted by Gasteiger charge is -2.12. The van der Waals surface area contributed by atoms with Crippen LogP contribution in [0.1, 0.15) is 11.1 Å². The molecular weight excluding hydrogens is 408 g/mol. The van der Waals surface area contributed by atoms with Crippen LogP contribution in [0, 0.1) is 17.0 Å². The zero-order chi connectivity index (χ0) is 23.0. The molecule has 10 nitrogen and oxygen atoms in total. The number of nitrogens with zero attached hydrogens (tertiary/aromatic N) is 1. The molecule has 1 N–H and O–H groups in total. The van der Waals surface area contributed by atoms with Crippen molar-refractivity contribution >= 4 is 29.3 Å². The molecule has 0 atom stereocenters. The van der Waals surface area contributed by atoms with Crippen LogP contribution in [-0.4, -0.2) is 44.7 Å². The second kappa shape index (κ2) is 10.6. The number of rotatable bonds is 9. The summed E-state index contributed by atoms with van der Waals surface area (Å²) >= 11 is 0. The molecule has 0 spiro atoms. The number of benzene rings is 2. The van der Waals surface area contributed by atoms with Crippen LogP contribution >= 0.6 is 0 Å². The Morgan fingerprint density at radius 3 is 2.29 bits per heavy atom. The fourth-order valence-corrected chi connectivity index (χ4v) is 2.61. The lowest BCUT2D eigenvalue weighted by Crippen LogP contribution is -2.20. The topological polar surface area (TPSA) is 126 Å². The van der Waals surface area contributed by atoms with E-state index in [2.05, 4.69) is 5.32 Å². The number of esters is 1. The normalized spacial score (nSPS) is 10.5. The van der Waals surface area contributed by atoms with Crippen molar-refractivity contribution in [2.75, 3.05) is 33.3 Å². The smallest absolute Gasteiger partial charge is 0.331 e. The Kier molecular flexibility index (Phi) is 7.95. The van der Waals surface area contributed by atoms with Gasteiger partial charge in [0.25, 0.3) is 11.6 Å². The average Bonchev–Trinajstić information content (AvgIpc) is 2.76. The summed E-state index contributed by atoms with van der Waals surface area (Å²) in [6.45, 7) is 1.03. The van der Waals surface area contributed by atoms with Gasteiger partial charge in [0.15, 0.2) is 18.1 Å². The molecule has 31 heavy (non-hydrogen) atoms. The van der Waals surface area contributed by atoms with Crippen molar-refractivity contribution < 1.29 is 33.5 Å². The van der Waals surface area contributed by atoms with Crippen LogP contribution in [0.15, 0.2) is 36.4 Å². The highest BCUT2D eigenvalue weighted by atomic mass is 16.6. The first kappa shape index (κ1) is 23.2. The van der Waals surface area contributed by atoms with Crippen LogP contribution in [0.25, 0.3) is 6.08 Å².